The summed E-state index contributed by atoms with van der Waals surface area (Å²) in [5.74, 6) is -0.653. The van der Waals surface area contributed by atoms with Crippen molar-refractivity contribution in [2.75, 3.05) is 0 Å². The highest BCUT2D eigenvalue weighted by Gasteiger charge is 2.11. The summed E-state index contributed by atoms with van der Waals surface area (Å²) in [4.78, 5) is 10.3. The number of carboxylic acid groups (broad SMARTS) is 1. The van der Waals surface area contributed by atoms with E-state index in [2.05, 4.69) is 6.92 Å². The molecule has 0 saturated heterocycles. The van der Waals surface area contributed by atoms with Gasteiger partial charge in [0.05, 0.1) is 0 Å². The summed E-state index contributed by atoms with van der Waals surface area (Å²) in [6.07, 6.45) is 20.2. The highest BCUT2D eigenvalue weighted by molar-refractivity contribution is 5.66. The SMILES string of the molecule is CC(C)(N)c1ccccc1.CCCCCCCCCCCCCCCCCC(=O)O. The molecule has 0 unspecified atom stereocenters. The minimum absolute atomic E-state index is 0.207. The summed E-state index contributed by atoms with van der Waals surface area (Å²) < 4.78 is 0. The van der Waals surface area contributed by atoms with Gasteiger partial charge in [-0.25, -0.2) is 0 Å². The maximum atomic E-state index is 10.3. The number of aliphatic carboxylic acids is 1. The Kier molecular flexibility index (Phi) is 18.7. The van der Waals surface area contributed by atoms with Crippen LogP contribution in [0.15, 0.2) is 30.3 Å². The molecule has 0 atom stereocenters. The lowest BCUT2D eigenvalue weighted by atomic mass is 9.96. The fraction of sp³-hybridized carbons (Fsp3) is 0.741. The highest BCUT2D eigenvalue weighted by Crippen LogP contribution is 2.15. The van der Waals surface area contributed by atoms with E-state index in [0.717, 1.165) is 12.8 Å². The molecule has 0 aromatic heterocycles. The van der Waals surface area contributed by atoms with Crippen molar-refractivity contribution in [3.05, 3.63) is 35.9 Å². The number of hydrogen-bond donors (Lipinski definition) is 2. The van der Waals surface area contributed by atoms with Crippen LogP contribution in [0.1, 0.15) is 129 Å². The van der Waals surface area contributed by atoms with Crippen LogP contribution in [0.5, 0.6) is 0 Å². The molecule has 0 aliphatic rings. The first kappa shape index (κ1) is 28.6. The number of carbonyl (C=O) groups is 1. The van der Waals surface area contributed by atoms with E-state index in [4.69, 9.17) is 10.8 Å². The first-order valence-electron chi connectivity index (χ1n) is 12.4. The van der Waals surface area contributed by atoms with Crippen LogP contribution < -0.4 is 5.73 Å². The molecule has 3 N–H and O–H groups in total. The number of rotatable bonds is 17. The molecule has 1 aromatic rings. The van der Waals surface area contributed by atoms with Crippen LogP contribution >= 0.6 is 0 Å². The van der Waals surface area contributed by atoms with Gasteiger partial charge in [0.25, 0.3) is 0 Å². The van der Waals surface area contributed by atoms with Crippen molar-refractivity contribution in [1.29, 1.82) is 0 Å². The van der Waals surface area contributed by atoms with Crippen molar-refractivity contribution >= 4 is 5.97 Å². The fourth-order valence-electron chi connectivity index (χ4n) is 3.52. The first-order chi connectivity index (χ1) is 14.4. The summed E-state index contributed by atoms with van der Waals surface area (Å²) in [6.45, 7) is 6.27. The van der Waals surface area contributed by atoms with Gasteiger partial charge in [0, 0.05) is 12.0 Å². The zero-order valence-corrected chi connectivity index (χ0v) is 20.1. The summed E-state index contributed by atoms with van der Waals surface area (Å²) in [5.41, 5.74) is 6.83. The third-order valence-corrected chi connectivity index (χ3v) is 5.51. The van der Waals surface area contributed by atoms with E-state index >= 15 is 0 Å². The van der Waals surface area contributed by atoms with E-state index in [9.17, 15) is 4.79 Å². The van der Waals surface area contributed by atoms with Gasteiger partial charge in [-0.05, 0) is 25.8 Å². The van der Waals surface area contributed by atoms with E-state index in [1.54, 1.807) is 0 Å². The Morgan fingerprint density at radius 1 is 0.733 bits per heavy atom. The maximum Gasteiger partial charge on any atom is 0.303 e. The van der Waals surface area contributed by atoms with E-state index in [-0.39, 0.29) is 5.54 Å². The molecule has 1 aromatic carbocycles. The van der Waals surface area contributed by atoms with Gasteiger partial charge < -0.3 is 10.8 Å². The molecule has 0 saturated carbocycles. The van der Waals surface area contributed by atoms with Crippen molar-refractivity contribution in [2.45, 2.75) is 129 Å². The smallest absolute Gasteiger partial charge is 0.303 e. The van der Waals surface area contributed by atoms with Crippen molar-refractivity contribution in [3.8, 4) is 0 Å². The van der Waals surface area contributed by atoms with Crippen LogP contribution in [-0.2, 0) is 10.3 Å². The number of carboxylic acids is 1. The fourth-order valence-corrected chi connectivity index (χ4v) is 3.52. The van der Waals surface area contributed by atoms with Gasteiger partial charge in [-0.1, -0.05) is 127 Å². The standard InChI is InChI=1S/C18H36O2.C9H13N/c1-2-3-4-5-6-7-8-9-10-11-12-13-14-15-16-17-18(19)20;1-9(2,10)8-6-4-3-5-7-8/h2-17H2,1H3,(H,19,20);3-7H,10H2,1-2H3. The summed E-state index contributed by atoms with van der Waals surface area (Å²) in [7, 11) is 0. The van der Waals surface area contributed by atoms with Gasteiger partial charge in [-0.15, -0.1) is 0 Å². The zero-order chi connectivity index (χ0) is 22.5. The number of benzene rings is 1. The van der Waals surface area contributed by atoms with Crippen LogP contribution in [0.25, 0.3) is 0 Å². The Hall–Kier alpha value is -1.35. The van der Waals surface area contributed by atoms with Gasteiger partial charge in [-0.2, -0.15) is 0 Å². The Labute approximate surface area is 186 Å². The molecule has 0 amide bonds. The van der Waals surface area contributed by atoms with Crippen LogP contribution in [0, 0.1) is 0 Å². The average Bonchev–Trinajstić information content (AvgIpc) is 2.71. The minimum Gasteiger partial charge on any atom is -0.481 e. The largest absolute Gasteiger partial charge is 0.481 e. The molecule has 1 rings (SSSR count). The van der Waals surface area contributed by atoms with Crippen LogP contribution in [0.2, 0.25) is 0 Å². The van der Waals surface area contributed by atoms with Crippen molar-refractivity contribution in [3.63, 3.8) is 0 Å². The Morgan fingerprint density at radius 3 is 1.40 bits per heavy atom. The molecule has 0 heterocycles. The topological polar surface area (TPSA) is 63.3 Å². The first-order valence-corrected chi connectivity index (χ1v) is 12.4. The predicted molar refractivity (Wildman–Crippen MR) is 131 cm³/mol. The molecule has 30 heavy (non-hydrogen) atoms. The lowest BCUT2D eigenvalue weighted by Gasteiger charge is -2.18. The lowest BCUT2D eigenvalue weighted by molar-refractivity contribution is -0.137. The molecular formula is C27H49NO2. The second-order valence-electron chi connectivity index (χ2n) is 9.18. The van der Waals surface area contributed by atoms with E-state index in [1.165, 1.54) is 89.0 Å². The molecular weight excluding hydrogens is 370 g/mol. The van der Waals surface area contributed by atoms with E-state index < -0.39 is 5.97 Å². The third kappa shape index (κ3) is 19.9. The molecule has 0 radical (unpaired) electrons. The Bertz CT molecular complexity index is 493. The number of nitrogens with two attached hydrogens (primary N) is 1. The van der Waals surface area contributed by atoms with E-state index in [0.29, 0.717) is 6.42 Å². The number of unbranched alkanes of at least 4 members (excludes halogenated alkanes) is 14. The Morgan fingerprint density at radius 2 is 1.10 bits per heavy atom. The van der Waals surface area contributed by atoms with E-state index in [1.807, 2.05) is 44.2 Å². The van der Waals surface area contributed by atoms with Crippen LogP contribution in [0.4, 0.5) is 0 Å². The second kappa shape index (κ2) is 19.6. The second-order valence-corrected chi connectivity index (χ2v) is 9.18. The lowest BCUT2D eigenvalue weighted by Crippen LogP contribution is -2.28. The summed E-state index contributed by atoms with van der Waals surface area (Å²) in [5, 5.41) is 8.52. The average molecular weight is 420 g/mol. The van der Waals surface area contributed by atoms with Gasteiger partial charge in [0.2, 0.25) is 0 Å². The normalized spacial score (nSPS) is 11.1. The molecule has 0 aliphatic carbocycles. The molecule has 0 bridgehead atoms. The molecule has 3 heteroatoms. The van der Waals surface area contributed by atoms with Gasteiger partial charge in [0.15, 0.2) is 0 Å². The molecule has 0 fully saturated rings. The maximum absolute atomic E-state index is 10.3. The minimum atomic E-state index is -0.653. The molecule has 0 aliphatic heterocycles. The Balaban J connectivity index is 0.000000696. The van der Waals surface area contributed by atoms with Crippen molar-refractivity contribution in [2.24, 2.45) is 5.73 Å². The summed E-state index contributed by atoms with van der Waals surface area (Å²) >= 11 is 0. The molecule has 0 spiro atoms. The van der Waals surface area contributed by atoms with Gasteiger partial charge >= 0.3 is 5.97 Å². The van der Waals surface area contributed by atoms with Crippen molar-refractivity contribution < 1.29 is 9.90 Å². The third-order valence-electron chi connectivity index (χ3n) is 5.51. The summed E-state index contributed by atoms with van der Waals surface area (Å²) in [6, 6.07) is 10.1. The number of hydrogen-bond acceptors (Lipinski definition) is 2. The quantitative estimate of drug-likeness (QED) is 0.250. The van der Waals surface area contributed by atoms with Crippen LogP contribution in [-0.4, -0.2) is 11.1 Å². The zero-order valence-electron chi connectivity index (χ0n) is 20.1. The predicted octanol–water partition coefficient (Wildman–Crippen LogP) is 8.21. The van der Waals surface area contributed by atoms with Crippen LogP contribution in [0.3, 0.4) is 0 Å². The van der Waals surface area contributed by atoms with Gasteiger partial charge in [-0.3, -0.25) is 4.79 Å². The highest BCUT2D eigenvalue weighted by atomic mass is 16.4. The molecule has 174 valence electrons. The monoisotopic (exact) mass is 419 g/mol. The molecule has 3 nitrogen and oxygen atoms in total. The van der Waals surface area contributed by atoms with Gasteiger partial charge in [0.1, 0.15) is 0 Å². The van der Waals surface area contributed by atoms with Crippen molar-refractivity contribution in [1.82, 2.24) is 0 Å².